The molecule has 104 valence electrons. The quantitative estimate of drug-likeness (QED) is 0.514. The van der Waals surface area contributed by atoms with E-state index in [1.807, 2.05) is 11.8 Å². The van der Waals surface area contributed by atoms with Crippen molar-refractivity contribution in [3.63, 3.8) is 0 Å². The van der Waals surface area contributed by atoms with Crippen LogP contribution in [0.4, 0.5) is 0 Å². The number of thioether (sulfide) groups is 1. The van der Waals surface area contributed by atoms with E-state index >= 15 is 0 Å². The summed E-state index contributed by atoms with van der Waals surface area (Å²) in [6, 6.07) is 30.8. The first-order valence-corrected chi connectivity index (χ1v) is 11.0. The third kappa shape index (κ3) is 3.26. The second kappa shape index (κ2) is 7.02. The standard InChI is InChI=1S/C19H17AsS/c1-21-19-15-9-8-14-18(19)20(16-10-4-2-5-11-16)17-12-6-3-7-13-17/h2-15H,1H3. The topological polar surface area (TPSA) is 0 Å². The molecule has 0 atom stereocenters. The van der Waals surface area contributed by atoms with E-state index in [0.717, 1.165) is 0 Å². The summed E-state index contributed by atoms with van der Waals surface area (Å²) in [4.78, 5) is 1.41. The third-order valence-corrected chi connectivity index (χ3v) is 9.73. The predicted octanol–water partition coefficient (Wildman–Crippen LogP) is 2.92. The summed E-state index contributed by atoms with van der Waals surface area (Å²) in [6.45, 7) is 0. The van der Waals surface area contributed by atoms with Gasteiger partial charge in [-0.3, -0.25) is 0 Å². The molecule has 0 unspecified atom stereocenters. The van der Waals surface area contributed by atoms with Gasteiger partial charge in [-0.15, -0.1) is 0 Å². The molecule has 3 rings (SSSR count). The number of benzene rings is 3. The number of hydrogen-bond donors (Lipinski definition) is 0. The number of hydrogen-bond acceptors (Lipinski definition) is 1. The van der Waals surface area contributed by atoms with Gasteiger partial charge in [-0.2, -0.15) is 0 Å². The molecule has 2 heteroatoms. The molecule has 0 fully saturated rings. The van der Waals surface area contributed by atoms with Gasteiger partial charge in [-0.1, -0.05) is 0 Å². The average Bonchev–Trinajstić information content (AvgIpc) is 2.58. The average molecular weight is 352 g/mol. The van der Waals surface area contributed by atoms with Crippen molar-refractivity contribution in [1.29, 1.82) is 0 Å². The number of rotatable bonds is 4. The first-order chi connectivity index (χ1) is 10.4. The molecule has 0 aliphatic heterocycles. The van der Waals surface area contributed by atoms with E-state index in [4.69, 9.17) is 0 Å². The van der Waals surface area contributed by atoms with Crippen molar-refractivity contribution >= 4 is 39.5 Å². The van der Waals surface area contributed by atoms with Crippen molar-refractivity contribution in [3.05, 3.63) is 84.9 Å². The van der Waals surface area contributed by atoms with Crippen molar-refractivity contribution in [3.8, 4) is 0 Å². The molecular weight excluding hydrogens is 335 g/mol. The van der Waals surface area contributed by atoms with Crippen LogP contribution < -0.4 is 13.1 Å². The van der Waals surface area contributed by atoms with Crippen molar-refractivity contribution in [2.45, 2.75) is 4.90 Å². The summed E-state index contributed by atoms with van der Waals surface area (Å²) in [5.74, 6) is 0. The molecule has 0 radical (unpaired) electrons. The Balaban J connectivity index is 2.17. The van der Waals surface area contributed by atoms with Gasteiger partial charge in [0.15, 0.2) is 0 Å². The van der Waals surface area contributed by atoms with Crippen LogP contribution >= 0.6 is 11.8 Å². The third-order valence-electron chi connectivity index (χ3n) is 3.35. The van der Waals surface area contributed by atoms with Crippen molar-refractivity contribution in [2.75, 3.05) is 6.26 Å². The van der Waals surface area contributed by atoms with E-state index in [1.54, 1.807) is 0 Å². The van der Waals surface area contributed by atoms with E-state index in [-0.39, 0.29) is 0 Å². The Labute approximate surface area is 135 Å². The van der Waals surface area contributed by atoms with Gasteiger partial charge in [0.05, 0.1) is 0 Å². The molecule has 0 N–H and O–H groups in total. The zero-order valence-electron chi connectivity index (χ0n) is 11.9. The maximum absolute atomic E-state index is 2.31. The zero-order chi connectivity index (χ0) is 14.5. The first kappa shape index (κ1) is 14.5. The monoisotopic (exact) mass is 352 g/mol. The fraction of sp³-hybridized carbons (Fsp3) is 0.0526. The second-order valence-corrected chi connectivity index (χ2v) is 10.1. The Bertz CT molecular complexity index is 656. The predicted molar refractivity (Wildman–Crippen MR) is 95.8 cm³/mol. The molecule has 0 bridgehead atoms. The SMILES string of the molecule is CSc1ccccc1[As](c1ccccc1)c1ccccc1. The van der Waals surface area contributed by atoms with Crippen LogP contribution in [0.25, 0.3) is 0 Å². The Morgan fingerprint density at radius 1 is 0.619 bits per heavy atom. The Morgan fingerprint density at radius 2 is 1.10 bits per heavy atom. The molecule has 0 heterocycles. The summed E-state index contributed by atoms with van der Waals surface area (Å²) in [7, 11) is 0. The van der Waals surface area contributed by atoms with Gasteiger partial charge in [0.2, 0.25) is 0 Å². The summed E-state index contributed by atoms with van der Waals surface area (Å²) in [5.41, 5.74) is 0. The van der Waals surface area contributed by atoms with Gasteiger partial charge in [0, 0.05) is 0 Å². The van der Waals surface area contributed by atoms with Gasteiger partial charge < -0.3 is 0 Å². The molecule has 0 aliphatic rings. The Hall–Kier alpha value is -1.43. The molecule has 21 heavy (non-hydrogen) atoms. The zero-order valence-corrected chi connectivity index (χ0v) is 14.6. The van der Waals surface area contributed by atoms with Crippen LogP contribution in [0.1, 0.15) is 0 Å². The van der Waals surface area contributed by atoms with Crippen LogP contribution in [0.15, 0.2) is 89.8 Å². The summed E-state index contributed by atoms with van der Waals surface area (Å²) < 4.78 is 4.49. The molecule has 0 saturated heterocycles. The van der Waals surface area contributed by atoms with E-state index in [9.17, 15) is 0 Å². The van der Waals surface area contributed by atoms with Gasteiger partial charge in [-0.05, 0) is 0 Å². The van der Waals surface area contributed by atoms with Crippen molar-refractivity contribution in [1.82, 2.24) is 0 Å². The maximum atomic E-state index is 2.31. The van der Waals surface area contributed by atoms with Gasteiger partial charge in [0.1, 0.15) is 0 Å². The van der Waals surface area contributed by atoms with E-state index in [1.165, 1.54) is 17.9 Å². The molecule has 3 aromatic carbocycles. The van der Waals surface area contributed by atoms with E-state index < -0.39 is 14.7 Å². The molecule has 0 saturated carbocycles. The van der Waals surface area contributed by atoms with Crippen LogP contribution in [0.5, 0.6) is 0 Å². The van der Waals surface area contributed by atoms with E-state index in [0.29, 0.717) is 0 Å². The van der Waals surface area contributed by atoms with Crippen LogP contribution in [0.2, 0.25) is 0 Å². The molecule has 0 nitrogen and oxygen atoms in total. The fourth-order valence-corrected chi connectivity index (χ4v) is 8.81. The van der Waals surface area contributed by atoms with Crippen LogP contribution in [0.3, 0.4) is 0 Å². The molecule has 0 aromatic heterocycles. The summed E-state index contributed by atoms with van der Waals surface area (Å²) in [5, 5.41) is 0. The van der Waals surface area contributed by atoms with Crippen LogP contribution in [-0.2, 0) is 0 Å². The fourth-order valence-electron chi connectivity index (χ4n) is 2.40. The van der Waals surface area contributed by atoms with Gasteiger partial charge in [0.25, 0.3) is 0 Å². The van der Waals surface area contributed by atoms with Crippen molar-refractivity contribution in [2.24, 2.45) is 0 Å². The molecule has 3 aromatic rings. The normalized spacial score (nSPS) is 10.8. The van der Waals surface area contributed by atoms with Gasteiger partial charge in [-0.25, -0.2) is 0 Å². The Kier molecular flexibility index (Phi) is 4.85. The molecule has 0 spiro atoms. The van der Waals surface area contributed by atoms with Crippen molar-refractivity contribution < 1.29 is 0 Å². The molecule has 0 aliphatic carbocycles. The van der Waals surface area contributed by atoms with E-state index in [2.05, 4.69) is 91.2 Å². The minimum atomic E-state index is -1.47. The summed E-state index contributed by atoms with van der Waals surface area (Å²) >= 11 is 0.379. The summed E-state index contributed by atoms with van der Waals surface area (Å²) in [6.07, 6.45) is 2.17. The molecule has 0 amide bonds. The van der Waals surface area contributed by atoms with Crippen LogP contribution in [0, 0.1) is 0 Å². The Morgan fingerprint density at radius 3 is 1.62 bits per heavy atom. The molecular formula is C19H17AsS. The van der Waals surface area contributed by atoms with Crippen LogP contribution in [-0.4, -0.2) is 20.9 Å². The van der Waals surface area contributed by atoms with Gasteiger partial charge >= 0.3 is 136 Å². The minimum absolute atomic E-state index is 1.41. The second-order valence-electron chi connectivity index (χ2n) is 4.68. The first-order valence-electron chi connectivity index (χ1n) is 6.93.